The molecule has 2 atom stereocenters. The average molecular weight is 253 g/mol. The molecule has 1 saturated heterocycles. The van der Waals surface area contributed by atoms with Gasteiger partial charge in [-0.2, -0.15) is 0 Å². The van der Waals surface area contributed by atoms with Crippen molar-refractivity contribution in [3.05, 3.63) is 0 Å². The molecule has 0 unspecified atom stereocenters. The van der Waals surface area contributed by atoms with Crippen molar-refractivity contribution in [2.75, 3.05) is 20.2 Å². The van der Waals surface area contributed by atoms with E-state index < -0.39 is 0 Å². The highest BCUT2D eigenvalue weighted by Crippen LogP contribution is 2.42. The first-order chi connectivity index (χ1) is 8.57. The standard InChI is InChI=1S/C15H27NO2/c1-11(2)13-8-15(10-16-9-13,14(17)18-3)7-6-12-4-5-12/h11-13,16H,4-10H2,1-3H3/t13-,15-/m1/s1. The van der Waals surface area contributed by atoms with Crippen molar-refractivity contribution in [3.8, 4) is 0 Å². The van der Waals surface area contributed by atoms with Gasteiger partial charge in [0, 0.05) is 6.54 Å². The van der Waals surface area contributed by atoms with Crippen LogP contribution in [0.2, 0.25) is 0 Å². The highest BCUT2D eigenvalue weighted by molar-refractivity contribution is 5.77. The number of esters is 1. The minimum atomic E-state index is -0.259. The Morgan fingerprint density at radius 1 is 1.44 bits per heavy atom. The van der Waals surface area contributed by atoms with E-state index in [0.717, 1.165) is 31.8 Å². The summed E-state index contributed by atoms with van der Waals surface area (Å²) in [5, 5.41) is 3.47. The van der Waals surface area contributed by atoms with Crippen LogP contribution in [0.1, 0.15) is 46.0 Å². The van der Waals surface area contributed by atoms with Gasteiger partial charge in [0.25, 0.3) is 0 Å². The topological polar surface area (TPSA) is 38.3 Å². The van der Waals surface area contributed by atoms with Gasteiger partial charge in [0.15, 0.2) is 0 Å². The molecular formula is C15H27NO2. The van der Waals surface area contributed by atoms with Crippen molar-refractivity contribution in [1.29, 1.82) is 0 Å². The van der Waals surface area contributed by atoms with Gasteiger partial charge in [-0.25, -0.2) is 0 Å². The van der Waals surface area contributed by atoms with Crippen LogP contribution in [-0.4, -0.2) is 26.2 Å². The molecule has 0 aromatic carbocycles. The first-order valence-electron chi connectivity index (χ1n) is 7.36. The van der Waals surface area contributed by atoms with Gasteiger partial charge in [0.2, 0.25) is 0 Å². The smallest absolute Gasteiger partial charge is 0.313 e. The maximum atomic E-state index is 12.2. The monoisotopic (exact) mass is 253 g/mol. The Labute approximate surface area is 111 Å². The number of nitrogens with one attached hydrogen (secondary N) is 1. The number of hydrogen-bond acceptors (Lipinski definition) is 3. The summed E-state index contributed by atoms with van der Waals surface area (Å²) in [7, 11) is 1.53. The third-order valence-corrected chi connectivity index (χ3v) is 4.81. The molecule has 1 aliphatic heterocycles. The van der Waals surface area contributed by atoms with Crippen LogP contribution in [0.4, 0.5) is 0 Å². The lowest BCUT2D eigenvalue weighted by Crippen LogP contribution is -2.50. The Morgan fingerprint density at radius 2 is 2.17 bits per heavy atom. The van der Waals surface area contributed by atoms with Crippen molar-refractivity contribution in [3.63, 3.8) is 0 Å². The number of piperidine rings is 1. The van der Waals surface area contributed by atoms with E-state index in [2.05, 4.69) is 19.2 Å². The van der Waals surface area contributed by atoms with E-state index in [4.69, 9.17) is 4.74 Å². The Morgan fingerprint density at radius 3 is 2.72 bits per heavy atom. The molecule has 3 heteroatoms. The maximum Gasteiger partial charge on any atom is 0.313 e. The molecule has 0 aromatic heterocycles. The van der Waals surface area contributed by atoms with Crippen LogP contribution in [0.15, 0.2) is 0 Å². The molecule has 1 heterocycles. The fraction of sp³-hybridized carbons (Fsp3) is 0.933. The molecule has 0 bridgehead atoms. The van der Waals surface area contributed by atoms with Crippen LogP contribution in [0.25, 0.3) is 0 Å². The Balaban J connectivity index is 2.04. The van der Waals surface area contributed by atoms with E-state index in [0.29, 0.717) is 11.8 Å². The van der Waals surface area contributed by atoms with Gasteiger partial charge in [0.1, 0.15) is 0 Å². The highest BCUT2D eigenvalue weighted by atomic mass is 16.5. The molecule has 18 heavy (non-hydrogen) atoms. The lowest BCUT2D eigenvalue weighted by atomic mass is 9.70. The molecule has 1 N–H and O–H groups in total. The zero-order valence-corrected chi connectivity index (χ0v) is 12.0. The predicted molar refractivity (Wildman–Crippen MR) is 72.2 cm³/mol. The molecule has 2 fully saturated rings. The molecule has 1 aliphatic carbocycles. The lowest BCUT2D eigenvalue weighted by Gasteiger charge is -2.40. The third-order valence-electron chi connectivity index (χ3n) is 4.81. The first-order valence-corrected chi connectivity index (χ1v) is 7.36. The molecule has 2 rings (SSSR count). The number of rotatable bonds is 5. The van der Waals surface area contributed by atoms with Crippen LogP contribution in [-0.2, 0) is 9.53 Å². The fourth-order valence-electron chi connectivity index (χ4n) is 3.17. The minimum absolute atomic E-state index is 0.000926. The van der Waals surface area contributed by atoms with Gasteiger partial charge in [-0.05, 0) is 43.6 Å². The summed E-state index contributed by atoms with van der Waals surface area (Å²) < 4.78 is 5.09. The normalized spacial score (nSPS) is 32.6. The molecule has 2 aliphatic rings. The zero-order valence-electron chi connectivity index (χ0n) is 12.0. The molecule has 0 spiro atoms. The molecule has 0 radical (unpaired) electrons. The zero-order chi connectivity index (χ0) is 13.2. The van der Waals surface area contributed by atoms with Gasteiger partial charge < -0.3 is 10.1 Å². The summed E-state index contributed by atoms with van der Waals surface area (Å²) in [6, 6.07) is 0. The molecule has 1 saturated carbocycles. The summed E-state index contributed by atoms with van der Waals surface area (Å²) in [5.41, 5.74) is -0.259. The van der Waals surface area contributed by atoms with Crippen molar-refractivity contribution in [2.24, 2.45) is 23.2 Å². The van der Waals surface area contributed by atoms with Crippen LogP contribution < -0.4 is 5.32 Å². The summed E-state index contributed by atoms with van der Waals surface area (Å²) in [4.78, 5) is 12.2. The van der Waals surface area contributed by atoms with Crippen molar-refractivity contribution in [2.45, 2.75) is 46.0 Å². The highest BCUT2D eigenvalue weighted by Gasteiger charge is 2.44. The fourth-order valence-corrected chi connectivity index (χ4v) is 3.17. The quantitative estimate of drug-likeness (QED) is 0.765. The molecule has 3 nitrogen and oxygen atoms in total. The molecule has 104 valence electrons. The summed E-state index contributed by atoms with van der Waals surface area (Å²) in [6.45, 7) is 6.34. The summed E-state index contributed by atoms with van der Waals surface area (Å²) in [6.07, 6.45) is 5.91. The van der Waals surface area contributed by atoms with Crippen molar-refractivity contribution in [1.82, 2.24) is 5.32 Å². The van der Waals surface area contributed by atoms with E-state index in [1.54, 1.807) is 0 Å². The van der Waals surface area contributed by atoms with E-state index in [1.165, 1.54) is 26.4 Å². The number of methoxy groups -OCH3 is 1. The van der Waals surface area contributed by atoms with Crippen molar-refractivity contribution < 1.29 is 9.53 Å². The molecule has 0 amide bonds. The number of hydrogen-bond donors (Lipinski definition) is 1. The molecular weight excluding hydrogens is 226 g/mol. The molecule has 0 aromatic rings. The largest absolute Gasteiger partial charge is 0.469 e. The van der Waals surface area contributed by atoms with E-state index in [9.17, 15) is 4.79 Å². The first kappa shape index (κ1) is 13.9. The Hall–Kier alpha value is -0.570. The average Bonchev–Trinajstić information content (AvgIpc) is 3.19. The van der Waals surface area contributed by atoms with Crippen LogP contribution in [0.3, 0.4) is 0 Å². The van der Waals surface area contributed by atoms with Crippen LogP contribution >= 0.6 is 0 Å². The number of carbonyl (C=O) groups excluding carboxylic acids is 1. The van der Waals surface area contributed by atoms with E-state index in [-0.39, 0.29) is 11.4 Å². The summed E-state index contributed by atoms with van der Waals surface area (Å²) >= 11 is 0. The van der Waals surface area contributed by atoms with Crippen LogP contribution in [0.5, 0.6) is 0 Å². The second kappa shape index (κ2) is 5.60. The number of ether oxygens (including phenoxy) is 1. The predicted octanol–water partition coefficient (Wildman–Crippen LogP) is 2.60. The van der Waals surface area contributed by atoms with Gasteiger partial charge in [0.05, 0.1) is 12.5 Å². The van der Waals surface area contributed by atoms with Gasteiger partial charge in [-0.15, -0.1) is 0 Å². The van der Waals surface area contributed by atoms with Gasteiger partial charge >= 0.3 is 5.97 Å². The second-order valence-corrected chi connectivity index (χ2v) is 6.59. The van der Waals surface area contributed by atoms with E-state index in [1.807, 2.05) is 0 Å². The second-order valence-electron chi connectivity index (χ2n) is 6.59. The van der Waals surface area contributed by atoms with E-state index >= 15 is 0 Å². The lowest BCUT2D eigenvalue weighted by molar-refractivity contribution is -0.156. The third kappa shape index (κ3) is 3.05. The number of carbonyl (C=O) groups is 1. The summed E-state index contributed by atoms with van der Waals surface area (Å²) in [5.74, 6) is 2.10. The Bertz CT molecular complexity index is 299. The minimum Gasteiger partial charge on any atom is -0.469 e. The maximum absolute atomic E-state index is 12.2. The Kier molecular flexibility index (Phi) is 4.31. The van der Waals surface area contributed by atoms with Gasteiger partial charge in [-0.3, -0.25) is 4.79 Å². The SMILES string of the molecule is COC(=O)[C@@]1(CCC2CC2)CNC[C@H](C(C)C)C1. The van der Waals surface area contributed by atoms with Gasteiger partial charge in [-0.1, -0.05) is 26.7 Å². The van der Waals surface area contributed by atoms with Crippen LogP contribution in [0, 0.1) is 23.2 Å². The van der Waals surface area contributed by atoms with Crippen molar-refractivity contribution >= 4 is 5.97 Å².